The Kier molecular flexibility index (Phi) is 11.7. The minimum absolute atomic E-state index is 0.0116. The lowest BCUT2D eigenvalue weighted by Crippen LogP contribution is -2.73. The fourth-order valence-electron chi connectivity index (χ4n) is 12.6. The molecule has 22 heteroatoms. The molecule has 10 heterocycles. The van der Waals surface area contributed by atoms with Crippen LogP contribution in [0.2, 0.25) is 0 Å². The summed E-state index contributed by atoms with van der Waals surface area (Å²) in [5.41, 5.74) is 10.5. The lowest BCUT2D eigenvalue weighted by atomic mass is 9.49. The third-order valence-electron chi connectivity index (χ3n) is 16.8. The van der Waals surface area contributed by atoms with Gasteiger partial charge in [-0.3, -0.25) is 13.8 Å². The van der Waals surface area contributed by atoms with E-state index in [1.165, 1.54) is 0 Å². The number of pyridine rings is 2. The third-order valence-corrected chi connectivity index (χ3v) is 17.5. The van der Waals surface area contributed by atoms with Crippen molar-refractivity contribution in [1.29, 1.82) is 0 Å². The number of hydrogen-bond donors (Lipinski definition) is 3. The molecule has 10 fully saturated rings. The van der Waals surface area contributed by atoms with Gasteiger partial charge in [-0.2, -0.15) is 4.98 Å². The SMILES string of the molecule is CC(C)(C)OC(=O)N1CC2(C1)CN(c1ccc(N)cn1)C2.CN(C)C(=O)c1cc2cnc(Nc3ccc(N4CC5(CNC5)C4)nc3)nc2n1C12CC(C1)C2.CN(C)C(=O)c1cc2cnc(S(C)=O)nc2n1C12CC(C1)C2. The van der Waals surface area contributed by atoms with Crippen molar-refractivity contribution in [1.82, 2.24) is 59.1 Å². The molecule has 1 unspecified atom stereocenters. The number of hydrogen-bond acceptors (Lipinski definition) is 16. The Bertz CT molecular complexity index is 3270. The fourth-order valence-corrected chi connectivity index (χ4v) is 13.1. The van der Waals surface area contributed by atoms with Crippen LogP contribution in [-0.2, 0) is 26.6 Å². The molecule has 1 atom stereocenters. The smallest absolute Gasteiger partial charge is 0.410 e. The van der Waals surface area contributed by atoms with Crippen molar-refractivity contribution < 1.29 is 23.3 Å². The van der Waals surface area contributed by atoms with Crippen LogP contribution in [0, 0.1) is 22.7 Å². The van der Waals surface area contributed by atoms with Crippen molar-refractivity contribution in [2.75, 3.05) is 108 Å². The fraction of sp³-hybridized carbons (Fsp3) is 0.537. The van der Waals surface area contributed by atoms with Gasteiger partial charge in [0.2, 0.25) is 11.1 Å². The molecule has 6 aromatic heterocycles. The molecular weight excluding hydrogens is 985 g/mol. The van der Waals surface area contributed by atoms with Crippen LogP contribution >= 0.6 is 0 Å². The summed E-state index contributed by atoms with van der Waals surface area (Å²) < 4.78 is 21.3. The topological polar surface area (TPSA) is 231 Å². The summed E-state index contributed by atoms with van der Waals surface area (Å²) in [5.74, 6) is 4.07. The molecule has 400 valence electrons. The summed E-state index contributed by atoms with van der Waals surface area (Å²) in [6.07, 6.45) is 15.1. The van der Waals surface area contributed by atoms with Crippen molar-refractivity contribution in [3.63, 3.8) is 0 Å². The average molecular weight is 1050 g/mol. The zero-order valence-electron chi connectivity index (χ0n) is 44.7. The van der Waals surface area contributed by atoms with Gasteiger partial charge in [-0.1, -0.05) is 0 Å². The molecule has 2 spiro atoms. The van der Waals surface area contributed by atoms with Crippen molar-refractivity contribution in [3.8, 4) is 0 Å². The molecule has 4 N–H and O–H groups in total. The van der Waals surface area contributed by atoms with Crippen LogP contribution in [-0.4, -0.2) is 168 Å². The van der Waals surface area contributed by atoms with Gasteiger partial charge in [0.25, 0.3) is 11.8 Å². The van der Waals surface area contributed by atoms with E-state index in [1.54, 1.807) is 61.5 Å². The molecule has 3 amide bonds. The molecule has 76 heavy (non-hydrogen) atoms. The second-order valence-corrected chi connectivity index (χ2v) is 25.8. The summed E-state index contributed by atoms with van der Waals surface area (Å²) >= 11 is 0. The Morgan fingerprint density at radius 1 is 0.697 bits per heavy atom. The number of carbonyl (C=O) groups is 3. The molecule has 4 aliphatic heterocycles. The van der Waals surface area contributed by atoms with Gasteiger partial charge >= 0.3 is 6.09 Å². The quantitative estimate of drug-likeness (QED) is 0.156. The van der Waals surface area contributed by atoms with Crippen LogP contribution < -0.4 is 26.2 Å². The maximum atomic E-state index is 12.9. The van der Waals surface area contributed by atoms with Crippen molar-refractivity contribution >= 4 is 79.7 Å². The van der Waals surface area contributed by atoms with E-state index in [9.17, 15) is 18.6 Å². The minimum Gasteiger partial charge on any atom is -0.444 e. The van der Waals surface area contributed by atoms with Crippen LogP contribution in [0.25, 0.3) is 22.1 Å². The highest BCUT2D eigenvalue weighted by atomic mass is 32.2. The molecule has 10 aliphatic rings. The maximum Gasteiger partial charge on any atom is 0.410 e. The Labute approximate surface area is 444 Å². The van der Waals surface area contributed by atoms with Gasteiger partial charge in [0, 0.05) is 132 Å². The Morgan fingerprint density at radius 3 is 1.64 bits per heavy atom. The van der Waals surface area contributed by atoms with E-state index in [4.69, 9.17) is 15.5 Å². The predicted molar refractivity (Wildman–Crippen MR) is 290 cm³/mol. The van der Waals surface area contributed by atoms with E-state index >= 15 is 0 Å². The molecule has 4 saturated heterocycles. The number of amides is 3. The number of nitrogens with zero attached hydrogens (tertiary/aromatic N) is 13. The van der Waals surface area contributed by atoms with E-state index in [0.717, 1.165) is 142 Å². The number of aromatic nitrogens is 8. The van der Waals surface area contributed by atoms with Crippen LogP contribution in [0.3, 0.4) is 0 Å². The summed E-state index contributed by atoms with van der Waals surface area (Å²) in [4.78, 5) is 73.9. The molecular formula is C54H68N16O5S. The largest absolute Gasteiger partial charge is 0.444 e. The lowest BCUT2D eigenvalue weighted by molar-refractivity contribution is -0.0871. The number of nitrogen functional groups attached to an aromatic ring is 1. The first-order valence-electron chi connectivity index (χ1n) is 26.3. The third kappa shape index (κ3) is 8.64. The molecule has 16 rings (SSSR count). The first-order valence-corrected chi connectivity index (χ1v) is 27.9. The summed E-state index contributed by atoms with van der Waals surface area (Å²) in [7, 11) is 5.87. The van der Waals surface area contributed by atoms with Crippen LogP contribution in [0.1, 0.15) is 80.3 Å². The highest BCUT2D eigenvalue weighted by Gasteiger charge is 2.60. The summed E-state index contributed by atoms with van der Waals surface area (Å²) in [5, 5.41) is 8.73. The molecule has 6 saturated carbocycles. The zero-order valence-corrected chi connectivity index (χ0v) is 45.5. The van der Waals surface area contributed by atoms with Crippen LogP contribution in [0.15, 0.2) is 66.3 Å². The predicted octanol–water partition coefficient (Wildman–Crippen LogP) is 5.29. The minimum atomic E-state index is -1.23. The lowest BCUT2D eigenvalue weighted by Gasteiger charge is -2.62. The van der Waals surface area contributed by atoms with E-state index in [1.807, 2.05) is 63.5 Å². The van der Waals surface area contributed by atoms with Crippen molar-refractivity contribution in [2.24, 2.45) is 22.7 Å². The highest BCUT2D eigenvalue weighted by molar-refractivity contribution is 7.84. The number of likely N-dealkylation sites (tertiary alicyclic amines) is 1. The molecule has 4 bridgehead atoms. The van der Waals surface area contributed by atoms with Gasteiger partial charge in [0.1, 0.15) is 39.9 Å². The van der Waals surface area contributed by atoms with Gasteiger partial charge in [0.15, 0.2) is 0 Å². The van der Waals surface area contributed by atoms with Crippen molar-refractivity contribution in [3.05, 3.63) is 72.6 Å². The van der Waals surface area contributed by atoms with Gasteiger partial charge in [-0.15, -0.1) is 0 Å². The Balaban J connectivity index is 0.000000120. The number of ether oxygens (including phenoxy) is 1. The second-order valence-electron chi connectivity index (χ2n) is 24.5. The maximum absolute atomic E-state index is 12.9. The zero-order chi connectivity index (χ0) is 53.3. The Hall–Kier alpha value is -6.94. The number of nitrogens with one attached hydrogen (secondary N) is 2. The van der Waals surface area contributed by atoms with Crippen LogP contribution in [0.4, 0.5) is 33.8 Å². The van der Waals surface area contributed by atoms with Crippen molar-refractivity contribution in [2.45, 2.75) is 81.1 Å². The number of carbonyl (C=O) groups excluding carboxylic acids is 3. The summed E-state index contributed by atoms with van der Waals surface area (Å²) in [6.45, 7) is 13.5. The number of fused-ring (bicyclic) bond motifs is 2. The highest BCUT2D eigenvalue weighted by Crippen LogP contribution is 2.64. The standard InChI is InChI=1S/C24H28N8O.C15H18N4O2S.C15H22N4O2/c1-30(2)21(33)18-5-16-9-27-22(29-20(16)32(18)24-6-15(7-24)8-24)28-17-3-4-19(26-10-17)31-13-23(14-31)11-25-12-23;1-18(2)13(20)11-4-10-8-16-14(22(3)21)17-12(10)19(11)15-5-9(6-15)7-15;1-14(2,3)21-13(20)19-9-15(10-19)7-18(8-15)12-5-4-11(16)6-17-12/h3-5,9-10,15,25H,6-8,11-14H2,1-2H3,(H,27,28,29);4,8-9H,5-7H2,1-3H3;4-6H,7-10,16H2,1-3H3. The summed E-state index contributed by atoms with van der Waals surface area (Å²) in [6, 6.07) is 11.7. The number of anilines is 5. The molecule has 0 radical (unpaired) electrons. The van der Waals surface area contributed by atoms with E-state index in [-0.39, 0.29) is 34.4 Å². The molecule has 6 aromatic rings. The van der Waals surface area contributed by atoms with Crippen LogP contribution in [0.5, 0.6) is 0 Å². The first-order chi connectivity index (χ1) is 36.1. The van der Waals surface area contributed by atoms with E-state index in [2.05, 4.69) is 60.6 Å². The van der Waals surface area contributed by atoms with E-state index in [0.29, 0.717) is 33.6 Å². The van der Waals surface area contributed by atoms with Gasteiger partial charge in [-0.25, -0.2) is 29.7 Å². The number of rotatable bonds is 9. The normalized spacial score (nSPS) is 24.8. The average Bonchev–Trinajstić information content (AvgIpc) is 3.81. The molecule has 0 aromatic carbocycles. The van der Waals surface area contributed by atoms with E-state index < -0.39 is 16.4 Å². The number of nitrogens with two attached hydrogens (primary N) is 1. The van der Waals surface area contributed by atoms with Gasteiger partial charge in [-0.05, 0) is 108 Å². The molecule has 6 aliphatic carbocycles. The monoisotopic (exact) mass is 1050 g/mol. The first kappa shape index (κ1) is 49.9. The second kappa shape index (κ2) is 17.8. The Morgan fingerprint density at radius 2 is 1.21 bits per heavy atom. The van der Waals surface area contributed by atoms with Gasteiger partial charge < -0.3 is 54.7 Å². The van der Waals surface area contributed by atoms with Gasteiger partial charge in [0.05, 0.1) is 34.6 Å². The molecule has 21 nitrogen and oxygen atoms in total.